The predicted octanol–water partition coefficient (Wildman–Crippen LogP) is -0.357. The van der Waals surface area contributed by atoms with Crippen LogP contribution in [0.3, 0.4) is 0 Å². The second-order valence-electron chi connectivity index (χ2n) is 2.91. The third kappa shape index (κ3) is 0.852. The minimum Gasteiger partial charge on any atom is -0.315 e. The molecule has 2 saturated heterocycles. The quantitative estimate of drug-likeness (QED) is 0.467. The molecule has 0 aromatic heterocycles. The van der Waals surface area contributed by atoms with Gasteiger partial charge in [0.05, 0.1) is 12.1 Å². The molecule has 2 N–H and O–H groups in total. The van der Waals surface area contributed by atoms with Gasteiger partial charge in [-0.2, -0.15) is 5.48 Å². The van der Waals surface area contributed by atoms with Gasteiger partial charge in [0.25, 0.3) is 0 Å². The molecule has 0 aromatic rings. The minimum absolute atomic E-state index is 0.306. The van der Waals surface area contributed by atoms with Crippen LogP contribution in [0, 0.1) is 0 Å². The Kier molecular flexibility index (Phi) is 1.22. The highest BCUT2D eigenvalue weighted by molar-refractivity contribution is 4.95. The molecule has 1 spiro atoms. The third-order valence-corrected chi connectivity index (χ3v) is 2.22. The van der Waals surface area contributed by atoms with E-state index in [0.29, 0.717) is 5.54 Å². The summed E-state index contributed by atoms with van der Waals surface area (Å²) in [6.45, 7) is 3.09. The van der Waals surface area contributed by atoms with Gasteiger partial charge in [-0.15, -0.1) is 0 Å². The summed E-state index contributed by atoms with van der Waals surface area (Å²) in [5.74, 6) is 0. The lowest BCUT2D eigenvalue weighted by Crippen LogP contribution is -2.40. The maximum atomic E-state index is 5.09. The van der Waals surface area contributed by atoms with E-state index in [0.717, 1.165) is 19.7 Å². The number of rotatable bonds is 0. The lowest BCUT2D eigenvalue weighted by Gasteiger charge is -2.18. The van der Waals surface area contributed by atoms with Gasteiger partial charge in [-0.1, -0.05) is 0 Å². The van der Waals surface area contributed by atoms with E-state index in [1.807, 2.05) is 0 Å². The normalized spacial score (nSPS) is 42.7. The van der Waals surface area contributed by atoms with Crippen molar-refractivity contribution in [3.8, 4) is 0 Å². The summed E-state index contributed by atoms with van der Waals surface area (Å²) in [5, 5.41) is 3.31. The summed E-state index contributed by atoms with van der Waals surface area (Å²) in [5.41, 5.74) is 3.38. The second-order valence-corrected chi connectivity index (χ2v) is 2.91. The molecule has 0 saturated carbocycles. The van der Waals surface area contributed by atoms with Gasteiger partial charge >= 0.3 is 0 Å². The van der Waals surface area contributed by atoms with Crippen LogP contribution in [0.5, 0.6) is 0 Å². The van der Waals surface area contributed by atoms with Crippen LogP contribution in [0.15, 0.2) is 0 Å². The van der Waals surface area contributed by atoms with Crippen molar-refractivity contribution in [1.82, 2.24) is 10.8 Å². The first kappa shape index (κ1) is 5.65. The summed E-state index contributed by atoms with van der Waals surface area (Å²) in [6.07, 6.45) is 2.38. The molecule has 2 fully saturated rings. The Morgan fingerprint density at radius 1 is 1.33 bits per heavy atom. The molecule has 0 aromatic carbocycles. The second kappa shape index (κ2) is 1.94. The average Bonchev–Trinajstić information content (AvgIpc) is 2.45. The maximum Gasteiger partial charge on any atom is 0.0701 e. The van der Waals surface area contributed by atoms with E-state index >= 15 is 0 Å². The van der Waals surface area contributed by atoms with Crippen molar-refractivity contribution < 1.29 is 4.84 Å². The Morgan fingerprint density at radius 3 is 2.89 bits per heavy atom. The van der Waals surface area contributed by atoms with E-state index in [1.165, 1.54) is 12.8 Å². The predicted molar refractivity (Wildman–Crippen MR) is 33.9 cm³/mol. The third-order valence-electron chi connectivity index (χ3n) is 2.22. The Morgan fingerprint density at radius 2 is 2.33 bits per heavy atom. The fourth-order valence-electron chi connectivity index (χ4n) is 1.55. The Hall–Kier alpha value is -0.120. The molecule has 2 rings (SSSR count). The molecule has 3 nitrogen and oxygen atoms in total. The van der Waals surface area contributed by atoms with Crippen molar-refractivity contribution in [2.45, 2.75) is 18.4 Å². The molecule has 0 bridgehead atoms. The molecular formula is C6H12N2O. The van der Waals surface area contributed by atoms with E-state index in [4.69, 9.17) is 4.84 Å². The zero-order valence-electron chi connectivity index (χ0n) is 5.44. The van der Waals surface area contributed by atoms with Crippen molar-refractivity contribution in [3.05, 3.63) is 0 Å². The molecule has 3 heteroatoms. The SMILES string of the molecule is C1CC2(CCON2)CN1. The maximum absolute atomic E-state index is 5.09. The van der Waals surface area contributed by atoms with Gasteiger partial charge in [0.1, 0.15) is 0 Å². The van der Waals surface area contributed by atoms with Gasteiger partial charge in [0.15, 0.2) is 0 Å². The molecule has 2 aliphatic heterocycles. The van der Waals surface area contributed by atoms with E-state index in [-0.39, 0.29) is 0 Å². The Labute approximate surface area is 54.7 Å². The van der Waals surface area contributed by atoms with Gasteiger partial charge in [0.2, 0.25) is 0 Å². The summed E-state index contributed by atoms with van der Waals surface area (Å²) in [6, 6.07) is 0. The van der Waals surface area contributed by atoms with E-state index in [1.54, 1.807) is 0 Å². The van der Waals surface area contributed by atoms with E-state index in [9.17, 15) is 0 Å². The lowest BCUT2D eigenvalue weighted by molar-refractivity contribution is 0.0664. The zero-order chi connectivity index (χ0) is 6.16. The van der Waals surface area contributed by atoms with Crippen molar-refractivity contribution in [2.24, 2.45) is 0 Å². The molecule has 0 amide bonds. The molecule has 9 heavy (non-hydrogen) atoms. The summed E-state index contributed by atoms with van der Waals surface area (Å²) >= 11 is 0. The van der Waals surface area contributed by atoms with E-state index in [2.05, 4.69) is 10.8 Å². The number of hydrogen-bond acceptors (Lipinski definition) is 3. The van der Waals surface area contributed by atoms with Gasteiger partial charge < -0.3 is 10.2 Å². The van der Waals surface area contributed by atoms with Crippen molar-refractivity contribution >= 4 is 0 Å². The van der Waals surface area contributed by atoms with Crippen LogP contribution in [0.1, 0.15) is 12.8 Å². The van der Waals surface area contributed by atoms with Crippen LogP contribution in [0.2, 0.25) is 0 Å². The molecule has 0 aliphatic carbocycles. The molecule has 52 valence electrons. The molecule has 2 heterocycles. The minimum atomic E-state index is 0.306. The number of hydrogen-bond donors (Lipinski definition) is 2. The standard InChI is InChI=1S/C6H12N2O/c1-3-7-5-6(1)2-4-9-8-6/h7-8H,1-5H2. The zero-order valence-corrected chi connectivity index (χ0v) is 5.44. The smallest absolute Gasteiger partial charge is 0.0701 e. The lowest BCUT2D eigenvalue weighted by atomic mass is 9.97. The number of nitrogens with one attached hydrogen (secondary N) is 2. The first-order valence-electron chi connectivity index (χ1n) is 3.51. The first-order chi connectivity index (χ1) is 4.41. The monoisotopic (exact) mass is 128 g/mol. The highest BCUT2D eigenvalue weighted by atomic mass is 16.7. The number of hydroxylamine groups is 1. The van der Waals surface area contributed by atoms with Crippen molar-refractivity contribution in [1.29, 1.82) is 0 Å². The van der Waals surface area contributed by atoms with Crippen LogP contribution in [0.25, 0.3) is 0 Å². The summed E-state index contributed by atoms with van der Waals surface area (Å²) in [4.78, 5) is 5.09. The Balaban J connectivity index is 2.04. The highest BCUT2D eigenvalue weighted by Gasteiger charge is 2.37. The molecule has 1 unspecified atom stereocenters. The van der Waals surface area contributed by atoms with Crippen molar-refractivity contribution in [3.63, 3.8) is 0 Å². The summed E-state index contributed by atoms with van der Waals surface area (Å²) < 4.78 is 0. The largest absolute Gasteiger partial charge is 0.315 e. The molecule has 1 atom stereocenters. The van der Waals surface area contributed by atoms with Crippen LogP contribution < -0.4 is 10.8 Å². The van der Waals surface area contributed by atoms with Crippen LogP contribution in [-0.4, -0.2) is 25.2 Å². The van der Waals surface area contributed by atoms with Gasteiger partial charge in [-0.25, -0.2) is 0 Å². The fraction of sp³-hybridized carbons (Fsp3) is 1.00. The van der Waals surface area contributed by atoms with Crippen LogP contribution in [0.4, 0.5) is 0 Å². The molecule has 2 aliphatic rings. The molecule has 0 radical (unpaired) electrons. The van der Waals surface area contributed by atoms with Gasteiger partial charge in [-0.3, -0.25) is 0 Å². The van der Waals surface area contributed by atoms with Gasteiger partial charge in [0, 0.05) is 6.54 Å². The Bertz CT molecular complexity index is 86.1. The molecular weight excluding hydrogens is 116 g/mol. The topological polar surface area (TPSA) is 33.3 Å². The summed E-state index contributed by atoms with van der Waals surface area (Å²) in [7, 11) is 0. The van der Waals surface area contributed by atoms with Crippen molar-refractivity contribution in [2.75, 3.05) is 19.7 Å². The highest BCUT2D eigenvalue weighted by Crippen LogP contribution is 2.22. The van der Waals surface area contributed by atoms with Gasteiger partial charge in [-0.05, 0) is 19.4 Å². The average molecular weight is 128 g/mol. The first-order valence-corrected chi connectivity index (χ1v) is 3.51. The van der Waals surface area contributed by atoms with Crippen LogP contribution >= 0.6 is 0 Å². The fourth-order valence-corrected chi connectivity index (χ4v) is 1.55. The van der Waals surface area contributed by atoms with E-state index < -0.39 is 0 Å². The van der Waals surface area contributed by atoms with Crippen LogP contribution in [-0.2, 0) is 4.84 Å².